The number of benzene rings is 1. The van der Waals surface area contributed by atoms with Crippen molar-refractivity contribution in [1.82, 2.24) is 10.6 Å². The minimum absolute atomic E-state index is 0. The number of amides is 1. The molecule has 2 aliphatic heterocycles. The zero-order valence-electron chi connectivity index (χ0n) is 13.5. The molecule has 2 aliphatic rings. The first-order valence-corrected chi connectivity index (χ1v) is 8.42. The fourth-order valence-corrected chi connectivity index (χ4v) is 3.65. The van der Waals surface area contributed by atoms with Crippen LogP contribution in [-0.4, -0.2) is 30.1 Å². The van der Waals surface area contributed by atoms with E-state index < -0.39 is 0 Å². The predicted molar refractivity (Wildman–Crippen MR) is 94.9 cm³/mol. The van der Waals surface area contributed by atoms with Crippen molar-refractivity contribution in [2.75, 3.05) is 0 Å². The molecule has 0 radical (unpaired) electrons. The Hall–Kier alpha value is -0.970. The maximum atomic E-state index is 12.6. The minimum Gasteiger partial charge on any atom is -0.490 e. The van der Waals surface area contributed by atoms with E-state index in [9.17, 15) is 4.79 Å². The first-order chi connectivity index (χ1) is 10.5. The van der Waals surface area contributed by atoms with E-state index in [0.717, 1.165) is 12.8 Å². The van der Waals surface area contributed by atoms with Crippen molar-refractivity contribution in [3.63, 3.8) is 0 Å². The number of rotatable bonds is 4. The van der Waals surface area contributed by atoms with Gasteiger partial charge in [0.05, 0.1) is 11.7 Å². The molecule has 2 N–H and O–H groups in total. The average molecular weight is 359 g/mol. The zero-order valence-corrected chi connectivity index (χ0v) is 15.0. The Bertz CT molecular complexity index is 554. The number of ether oxygens (including phenoxy) is 1. The average Bonchev–Trinajstić information content (AvgIpc) is 2.79. The molecule has 2 fully saturated rings. The molecular formula is C17H24Cl2N2O2. The van der Waals surface area contributed by atoms with Crippen LogP contribution in [0.3, 0.4) is 0 Å². The number of fused-ring (bicyclic) bond motifs is 2. The summed E-state index contributed by atoms with van der Waals surface area (Å²) < 4.78 is 5.73. The van der Waals surface area contributed by atoms with Gasteiger partial charge in [0.2, 0.25) is 0 Å². The van der Waals surface area contributed by atoms with Crippen LogP contribution in [0.25, 0.3) is 0 Å². The zero-order chi connectivity index (χ0) is 15.7. The Balaban J connectivity index is 0.00000192. The highest BCUT2D eigenvalue weighted by Gasteiger charge is 2.34. The van der Waals surface area contributed by atoms with Crippen LogP contribution in [0.15, 0.2) is 18.2 Å². The lowest BCUT2D eigenvalue weighted by Crippen LogP contribution is -2.48. The molecule has 0 aliphatic carbocycles. The minimum atomic E-state index is -0.0931. The molecule has 2 unspecified atom stereocenters. The van der Waals surface area contributed by atoms with Crippen LogP contribution in [-0.2, 0) is 0 Å². The van der Waals surface area contributed by atoms with E-state index in [1.54, 1.807) is 18.2 Å². The molecular weight excluding hydrogens is 335 g/mol. The topological polar surface area (TPSA) is 50.4 Å². The van der Waals surface area contributed by atoms with Gasteiger partial charge in [0.15, 0.2) is 0 Å². The van der Waals surface area contributed by atoms with Gasteiger partial charge in [-0.15, -0.1) is 12.4 Å². The molecule has 1 aromatic rings. The van der Waals surface area contributed by atoms with Gasteiger partial charge in [-0.2, -0.15) is 0 Å². The third-order valence-electron chi connectivity index (χ3n) is 4.36. The smallest absolute Gasteiger partial charge is 0.255 e. The van der Waals surface area contributed by atoms with E-state index in [1.807, 2.05) is 13.8 Å². The summed E-state index contributed by atoms with van der Waals surface area (Å²) in [4.78, 5) is 12.6. The van der Waals surface area contributed by atoms with E-state index in [4.69, 9.17) is 16.3 Å². The number of carbonyl (C=O) groups excluding carboxylic acids is 1. The van der Waals surface area contributed by atoms with Gasteiger partial charge in [0.25, 0.3) is 5.91 Å². The lowest BCUT2D eigenvalue weighted by atomic mass is 9.99. The second kappa shape index (κ2) is 7.73. The quantitative estimate of drug-likeness (QED) is 0.864. The molecule has 4 nitrogen and oxygen atoms in total. The molecule has 128 valence electrons. The van der Waals surface area contributed by atoms with E-state index in [-0.39, 0.29) is 30.5 Å². The monoisotopic (exact) mass is 358 g/mol. The number of piperidine rings is 1. The van der Waals surface area contributed by atoms with Gasteiger partial charge in [-0.05, 0) is 57.7 Å². The predicted octanol–water partition coefficient (Wildman–Crippen LogP) is 3.56. The first kappa shape index (κ1) is 18.4. The van der Waals surface area contributed by atoms with Crippen LogP contribution in [0.2, 0.25) is 5.02 Å². The normalized spacial score (nSPS) is 25.8. The molecule has 2 atom stereocenters. The summed E-state index contributed by atoms with van der Waals surface area (Å²) in [7, 11) is 0. The van der Waals surface area contributed by atoms with Gasteiger partial charge in [0, 0.05) is 23.1 Å². The molecule has 6 heteroatoms. The Labute approximate surface area is 148 Å². The highest BCUT2D eigenvalue weighted by Crippen LogP contribution is 2.28. The molecule has 2 bridgehead atoms. The fourth-order valence-electron chi connectivity index (χ4n) is 3.47. The number of nitrogens with one attached hydrogen (secondary N) is 2. The molecule has 23 heavy (non-hydrogen) atoms. The highest BCUT2D eigenvalue weighted by atomic mass is 35.5. The summed E-state index contributed by atoms with van der Waals surface area (Å²) in [6.07, 6.45) is 4.46. The number of hydrogen-bond donors (Lipinski definition) is 2. The summed E-state index contributed by atoms with van der Waals surface area (Å²) in [5, 5.41) is 7.29. The van der Waals surface area contributed by atoms with Crippen LogP contribution in [0.5, 0.6) is 5.75 Å². The van der Waals surface area contributed by atoms with Crippen molar-refractivity contribution in [3.8, 4) is 5.75 Å². The maximum Gasteiger partial charge on any atom is 0.255 e. The van der Waals surface area contributed by atoms with Crippen molar-refractivity contribution in [3.05, 3.63) is 28.8 Å². The van der Waals surface area contributed by atoms with Gasteiger partial charge in [-0.25, -0.2) is 0 Å². The van der Waals surface area contributed by atoms with Crippen molar-refractivity contribution in [1.29, 1.82) is 0 Å². The Kier molecular flexibility index (Phi) is 6.18. The molecule has 1 aromatic carbocycles. The lowest BCUT2D eigenvalue weighted by Gasteiger charge is -2.30. The number of carbonyl (C=O) groups is 1. The fraction of sp³-hybridized carbons (Fsp3) is 0.588. The molecule has 0 aromatic heterocycles. The van der Waals surface area contributed by atoms with Crippen molar-refractivity contribution in [2.45, 2.75) is 63.8 Å². The Morgan fingerprint density at radius 3 is 2.57 bits per heavy atom. The second-order valence-electron chi connectivity index (χ2n) is 6.59. The molecule has 2 saturated heterocycles. The largest absolute Gasteiger partial charge is 0.490 e. The number of halogens is 2. The van der Waals surface area contributed by atoms with Crippen LogP contribution in [0, 0.1) is 0 Å². The van der Waals surface area contributed by atoms with Crippen molar-refractivity contribution in [2.24, 2.45) is 0 Å². The summed E-state index contributed by atoms with van der Waals surface area (Å²) in [6.45, 7) is 3.89. The number of hydrogen-bond acceptors (Lipinski definition) is 3. The molecule has 3 rings (SSSR count). The Morgan fingerprint density at radius 2 is 1.96 bits per heavy atom. The van der Waals surface area contributed by atoms with Gasteiger partial charge >= 0.3 is 0 Å². The maximum absolute atomic E-state index is 12.6. The molecule has 2 heterocycles. The van der Waals surface area contributed by atoms with Crippen LogP contribution in [0.4, 0.5) is 0 Å². The summed E-state index contributed by atoms with van der Waals surface area (Å²) >= 11 is 6.05. The summed E-state index contributed by atoms with van der Waals surface area (Å²) in [5.74, 6) is 0.498. The lowest BCUT2D eigenvalue weighted by molar-refractivity contribution is 0.0918. The standard InChI is InChI=1S/C17H23ClN2O2.ClH/c1-10(2)22-16-6-3-11(18)7-15(16)17(21)20-14-8-12-4-5-13(9-14)19-12;/h3,6-7,10,12-14,19H,4-5,8-9H2,1-2H3,(H,20,21);1H. The van der Waals surface area contributed by atoms with Crippen LogP contribution >= 0.6 is 24.0 Å². The van der Waals surface area contributed by atoms with Gasteiger partial charge in [0.1, 0.15) is 5.75 Å². The third-order valence-corrected chi connectivity index (χ3v) is 4.59. The van der Waals surface area contributed by atoms with Gasteiger partial charge < -0.3 is 15.4 Å². The molecule has 1 amide bonds. The SMILES string of the molecule is CC(C)Oc1ccc(Cl)cc1C(=O)NC1CC2CCC(C1)N2.Cl. The van der Waals surface area contributed by atoms with Gasteiger partial charge in [-0.1, -0.05) is 11.6 Å². The van der Waals surface area contributed by atoms with E-state index in [1.165, 1.54) is 12.8 Å². The van der Waals surface area contributed by atoms with Crippen LogP contribution in [0.1, 0.15) is 49.9 Å². The molecule has 0 saturated carbocycles. The van der Waals surface area contributed by atoms with E-state index >= 15 is 0 Å². The second-order valence-corrected chi connectivity index (χ2v) is 7.02. The van der Waals surface area contributed by atoms with E-state index in [2.05, 4.69) is 10.6 Å². The first-order valence-electron chi connectivity index (χ1n) is 8.04. The third kappa shape index (κ3) is 4.52. The van der Waals surface area contributed by atoms with Gasteiger partial charge in [-0.3, -0.25) is 4.79 Å². The highest BCUT2D eigenvalue weighted by molar-refractivity contribution is 6.31. The Morgan fingerprint density at radius 1 is 1.30 bits per heavy atom. The van der Waals surface area contributed by atoms with E-state index in [0.29, 0.717) is 28.4 Å². The summed E-state index contributed by atoms with van der Waals surface area (Å²) in [5.41, 5.74) is 0.520. The summed E-state index contributed by atoms with van der Waals surface area (Å²) in [6, 6.07) is 6.54. The molecule has 0 spiro atoms. The van der Waals surface area contributed by atoms with Crippen molar-refractivity contribution < 1.29 is 9.53 Å². The van der Waals surface area contributed by atoms with Crippen molar-refractivity contribution >= 4 is 29.9 Å². The van der Waals surface area contributed by atoms with Crippen LogP contribution < -0.4 is 15.4 Å².